The van der Waals surface area contributed by atoms with Gasteiger partial charge in [-0.15, -0.1) is 0 Å². The zero-order valence-electron chi connectivity index (χ0n) is 38.3. The van der Waals surface area contributed by atoms with Crippen LogP contribution >= 0.6 is 0 Å². The van der Waals surface area contributed by atoms with E-state index in [1.807, 2.05) is 0 Å². The van der Waals surface area contributed by atoms with Crippen molar-refractivity contribution in [1.82, 2.24) is 5.32 Å². The molecule has 0 aliphatic carbocycles. The maximum absolute atomic E-state index is 13.0. The van der Waals surface area contributed by atoms with Crippen LogP contribution in [0.25, 0.3) is 0 Å². The van der Waals surface area contributed by atoms with E-state index in [2.05, 4.69) is 43.5 Å². The molecule has 0 aromatic carbocycles. The molecule has 348 valence electrons. The second kappa shape index (κ2) is 40.7. The largest absolute Gasteiger partial charge is 0.394 e. The lowest BCUT2D eigenvalue weighted by molar-refractivity contribution is -0.302. The lowest BCUT2D eigenvalue weighted by Crippen LogP contribution is -2.60. The minimum Gasteiger partial charge on any atom is -0.394 e. The van der Waals surface area contributed by atoms with Gasteiger partial charge in [-0.1, -0.05) is 212 Å². The van der Waals surface area contributed by atoms with Crippen LogP contribution in [0.1, 0.15) is 232 Å². The molecule has 6 N–H and O–H groups in total. The normalized spacial score (nSPS) is 20.8. The maximum Gasteiger partial charge on any atom is 0.220 e. The van der Waals surface area contributed by atoms with Gasteiger partial charge in [0.15, 0.2) is 6.29 Å². The highest BCUT2D eigenvalue weighted by molar-refractivity contribution is 5.76. The van der Waals surface area contributed by atoms with Crippen molar-refractivity contribution in [3.8, 4) is 0 Å². The summed E-state index contributed by atoms with van der Waals surface area (Å²) in [5.74, 6) is -0.154. The van der Waals surface area contributed by atoms with E-state index >= 15 is 0 Å². The Morgan fingerprint density at radius 1 is 0.576 bits per heavy atom. The van der Waals surface area contributed by atoms with Crippen LogP contribution in [0.4, 0.5) is 0 Å². The number of unbranched alkanes of at least 4 members (excludes halogenated alkanes) is 29. The topological polar surface area (TPSA) is 149 Å². The Morgan fingerprint density at radius 3 is 1.46 bits per heavy atom. The summed E-state index contributed by atoms with van der Waals surface area (Å²) in [5, 5.41) is 54.5. The number of hydrogen-bond donors (Lipinski definition) is 6. The van der Waals surface area contributed by atoms with Crippen LogP contribution in [0.3, 0.4) is 0 Å². The molecule has 0 spiro atoms. The Bertz CT molecular complexity index is 977. The molecule has 0 aromatic heterocycles. The Hall–Kier alpha value is -1.33. The molecule has 7 unspecified atom stereocenters. The summed E-state index contributed by atoms with van der Waals surface area (Å²) in [6.07, 6.45) is 41.8. The molecular weight excluding hydrogens is 743 g/mol. The maximum atomic E-state index is 13.0. The second-order valence-corrected chi connectivity index (χ2v) is 17.6. The Labute approximate surface area is 362 Å². The number of hydrogen-bond acceptors (Lipinski definition) is 8. The summed E-state index contributed by atoms with van der Waals surface area (Å²) in [5.41, 5.74) is 0. The molecule has 59 heavy (non-hydrogen) atoms. The van der Waals surface area contributed by atoms with Crippen LogP contribution in [0, 0.1) is 0 Å². The average Bonchev–Trinajstić information content (AvgIpc) is 3.23. The number of amides is 1. The SMILES string of the molecule is CCCCC/C=C\C=C/CCCCCCCCC(=O)NC(COC1OC(CO)C(O)C(O)C1O)C(O)CCCCCCCCCCCCCCCCCCCCCCC. The molecule has 0 bridgehead atoms. The van der Waals surface area contributed by atoms with Crippen molar-refractivity contribution in [3.63, 3.8) is 0 Å². The Kier molecular flexibility index (Phi) is 38.4. The Balaban J connectivity index is 2.28. The number of rotatable bonds is 42. The molecule has 7 atom stereocenters. The third kappa shape index (κ3) is 31.2. The standard InChI is InChI=1S/C50H95NO8/c1-3-5-7-9-11-13-15-17-19-20-21-22-23-24-26-27-29-31-33-35-37-39-44(53)43(42-58-50-49(57)48(56)47(55)45(41-52)59-50)51-46(54)40-38-36-34-32-30-28-25-18-16-14-12-10-8-6-4-2/h12,14,16,18,43-45,47-50,52-53,55-57H,3-11,13,15,17,19-42H2,1-2H3,(H,51,54)/b14-12-,18-16-. The summed E-state index contributed by atoms with van der Waals surface area (Å²) in [6, 6.07) is -0.723. The monoisotopic (exact) mass is 838 g/mol. The first-order chi connectivity index (χ1) is 28.8. The number of nitrogens with one attached hydrogen (secondary N) is 1. The fraction of sp³-hybridized carbons (Fsp3) is 0.900. The van der Waals surface area contributed by atoms with Gasteiger partial charge >= 0.3 is 0 Å². The second-order valence-electron chi connectivity index (χ2n) is 17.6. The number of carbonyl (C=O) groups excluding carboxylic acids is 1. The van der Waals surface area contributed by atoms with Crippen LogP contribution in [-0.2, 0) is 14.3 Å². The molecule has 1 amide bonds. The fourth-order valence-corrected chi connectivity index (χ4v) is 8.03. The van der Waals surface area contributed by atoms with Crippen molar-refractivity contribution in [1.29, 1.82) is 0 Å². The van der Waals surface area contributed by atoms with Gasteiger partial charge in [0.1, 0.15) is 24.4 Å². The van der Waals surface area contributed by atoms with Gasteiger partial charge in [-0.25, -0.2) is 0 Å². The number of aliphatic hydroxyl groups excluding tert-OH is 5. The smallest absolute Gasteiger partial charge is 0.220 e. The number of allylic oxidation sites excluding steroid dienone is 4. The average molecular weight is 838 g/mol. The summed E-state index contributed by atoms with van der Waals surface area (Å²) in [6.45, 7) is 3.81. The summed E-state index contributed by atoms with van der Waals surface area (Å²) in [7, 11) is 0. The Morgan fingerprint density at radius 2 is 0.983 bits per heavy atom. The first-order valence-corrected chi connectivity index (χ1v) is 25.1. The quantitative estimate of drug-likeness (QED) is 0.0263. The van der Waals surface area contributed by atoms with Crippen molar-refractivity contribution in [3.05, 3.63) is 24.3 Å². The van der Waals surface area contributed by atoms with Crippen molar-refractivity contribution >= 4 is 5.91 Å². The fourth-order valence-electron chi connectivity index (χ4n) is 8.03. The molecule has 0 radical (unpaired) electrons. The molecule has 0 saturated carbocycles. The molecular formula is C50H95NO8. The molecule has 1 fully saturated rings. The minimum atomic E-state index is -1.55. The lowest BCUT2D eigenvalue weighted by Gasteiger charge is -2.40. The molecule has 0 aromatic rings. The first kappa shape index (κ1) is 55.7. The first-order valence-electron chi connectivity index (χ1n) is 25.1. The van der Waals surface area contributed by atoms with Crippen molar-refractivity contribution < 1.29 is 39.8 Å². The van der Waals surface area contributed by atoms with E-state index in [1.165, 1.54) is 148 Å². The molecule has 1 rings (SSSR count). The van der Waals surface area contributed by atoms with Crippen LogP contribution in [0.5, 0.6) is 0 Å². The van der Waals surface area contributed by atoms with Crippen LogP contribution in [0.2, 0.25) is 0 Å². The van der Waals surface area contributed by atoms with Crippen LogP contribution < -0.4 is 5.32 Å². The predicted octanol–water partition coefficient (Wildman–Crippen LogP) is 11.1. The summed E-state index contributed by atoms with van der Waals surface area (Å²) >= 11 is 0. The number of carbonyl (C=O) groups is 1. The van der Waals surface area contributed by atoms with Gasteiger partial charge in [-0.2, -0.15) is 0 Å². The van der Waals surface area contributed by atoms with E-state index in [9.17, 15) is 30.3 Å². The molecule has 1 saturated heterocycles. The van der Waals surface area contributed by atoms with E-state index in [0.717, 1.165) is 57.8 Å². The third-order valence-electron chi connectivity index (χ3n) is 12.1. The summed E-state index contributed by atoms with van der Waals surface area (Å²) < 4.78 is 11.3. The van der Waals surface area contributed by atoms with Crippen molar-refractivity contribution in [2.45, 2.75) is 275 Å². The van der Waals surface area contributed by atoms with Gasteiger partial charge in [0, 0.05) is 6.42 Å². The molecule has 9 heteroatoms. The van der Waals surface area contributed by atoms with Gasteiger partial charge in [0.05, 0.1) is 25.4 Å². The van der Waals surface area contributed by atoms with Gasteiger partial charge in [0.25, 0.3) is 0 Å². The highest BCUT2D eigenvalue weighted by Crippen LogP contribution is 2.23. The zero-order valence-corrected chi connectivity index (χ0v) is 38.3. The minimum absolute atomic E-state index is 0.141. The molecule has 1 aliphatic heterocycles. The number of ether oxygens (including phenoxy) is 2. The van der Waals surface area contributed by atoms with Gasteiger partial charge in [0.2, 0.25) is 5.91 Å². The van der Waals surface area contributed by atoms with E-state index in [0.29, 0.717) is 12.8 Å². The highest BCUT2D eigenvalue weighted by atomic mass is 16.7. The highest BCUT2D eigenvalue weighted by Gasteiger charge is 2.44. The van der Waals surface area contributed by atoms with Crippen LogP contribution in [-0.4, -0.2) is 87.5 Å². The lowest BCUT2D eigenvalue weighted by atomic mass is 9.99. The van der Waals surface area contributed by atoms with Crippen molar-refractivity contribution in [2.75, 3.05) is 13.2 Å². The van der Waals surface area contributed by atoms with E-state index in [1.54, 1.807) is 0 Å². The summed E-state index contributed by atoms with van der Waals surface area (Å²) in [4.78, 5) is 13.0. The van der Waals surface area contributed by atoms with Crippen LogP contribution in [0.15, 0.2) is 24.3 Å². The molecule has 9 nitrogen and oxygen atoms in total. The molecule has 1 aliphatic rings. The number of aliphatic hydroxyl groups is 5. The van der Waals surface area contributed by atoms with Gasteiger partial charge < -0.3 is 40.3 Å². The van der Waals surface area contributed by atoms with Gasteiger partial charge in [-0.05, 0) is 38.5 Å². The predicted molar refractivity (Wildman–Crippen MR) is 244 cm³/mol. The van der Waals surface area contributed by atoms with E-state index in [-0.39, 0.29) is 12.5 Å². The molecule has 1 heterocycles. The van der Waals surface area contributed by atoms with E-state index < -0.39 is 49.5 Å². The zero-order chi connectivity index (χ0) is 43.0. The third-order valence-corrected chi connectivity index (χ3v) is 12.1. The van der Waals surface area contributed by atoms with Crippen molar-refractivity contribution in [2.24, 2.45) is 0 Å². The van der Waals surface area contributed by atoms with Gasteiger partial charge in [-0.3, -0.25) is 4.79 Å². The van der Waals surface area contributed by atoms with E-state index in [4.69, 9.17) is 9.47 Å².